The summed E-state index contributed by atoms with van der Waals surface area (Å²) in [7, 11) is 4.38. The molecule has 0 bridgehead atoms. The summed E-state index contributed by atoms with van der Waals surface area (Å²) >= 11 is 0. The molecule has 31 heavy (non-hydrogen) atoms. The van der Waals surface area contributed by atoms with Crippen molar-refractivity contribution in [3.63, 3.8) is 0 Å². The van der Waals surface area contributed by atoms with Crippen molar-refractivity contribution in [1.29, 1.82) is 0 Å². The third-order valence-electron chi connectivity index (χ3n) is 6.48. The fourth-order valence-corrected chi connectivity index (χ4v) is 4.54. The number of likely N-dealkylation sites (N-methyl/N-ethyl adjacent to an activating group) is 1. The Morgan fingerprint density at radius 1 is 0.871 bits per heavy atom. The summed E-state index contributed by atoms with van der Waals surface area (Å²) in [5.41, 5.74) is 2.83. The van der Waals surface area contributed by atoms with Crippen LogP contribution in [0.25, 0.3) is 10.8 Å². The van der Waals surface area contributed by atoms with Crippen molar-refractivity contribution < 1.29 is 4.74 Å². The lowest BCUT2D eigenvalue weighted by atomic mass is 10.1. The number of unbranched alkanes of at least 4 members (excludes halogenated alkanes) is 2. The number of benzene rings is 3. The van der Waals surface area contributed by atoms with Crippen molar-refractivity contribution in [1.82, 2.24) is 9.80 Å². The van der Waals surface area contributed by atoms with Crippen molar-refractivity contribution in [2.75, 3.05) is 33.8 Å². The Bertz CT molecular complexity index is 954. The summed E-state index contributed by atoms with van der Waals surface area (Å²) in [6.45, 7) is 4.20. The summed E-state index contributed by atoms with van der Waals surface area (Å²) in [5, 5.41) is 2.56. The quantitative estimate of drug-likeness (QED) is 0.390. The minimum atomic E-state index is 0.693. The van der Waals surface area contributed by atoms with E-state index >= 15 is 0 Å². The molecule has 0 saturated carbocycles. The second-order valence-corrected chi connectivity index (χ2v) is 9.13. The van der Waals surface area contributed by atoms with Gasteiger partial charge in [0.05, 0.1) is 6.61 Å². The molecule has 1 atom stereocenters. The highest BCUT2D eigenvalue weighted by molar-refractivity contribution is 5.84. The molecule has 1 unspecified atom stereocenters. The predicted octanol–water partition coefficient (Wildman–Crippen LogP) is 5.77. The van der Waals surface area contributed by atoms with E-state index < -0.39 is 0 Å². The molecule has 3 heteroatoms. The van der Waals surface area contributed by atoms with Gasteiger partial charge >= 0.3 is 0 Å². The maximum atomic E-state index is 6.03. The molecule has 1 aliphatic heterocycles. The molecule has 1 saturated heterocycles. The number of rotatable bonds is 10. The van der Waals surface area contributed by atoms with Crippen molar-refractivity contribution in [3.8, 4) is 5.75 Å². The Morgan fingerprint density at radius 2 is 1.68 bits per heavy atom. The standard InChI is InChI=1S/C28H36N2O/c1-29(2)27-16-17-30(22-27)21-24-12-13-26-20-28(15-14-25(26)19-24)31-18-8-4-7-11-23-9-5-3-6-10-23/h3,5-6,9-10,12-15,19-20,27H,4,7-8,11,16-18,21-22H2,1-2H3. The van der Waals surface area contributed by atoms with Gasteiger partial charge in [0.2, 0.25) is 0 Å². The van der Waals surface area contributed by atoms with Gasteiger partial charge in [-0.05, 0) is 86.3 Å². The van der Waals surface area contributed by atoms with Crippen molar-refractivity contribution in [2.24, 2.45) is 0 Å². The first-order valence-corrected chi connectivity index (χ1v) is 11.8. The van der Waals surface area contributed by atoms with E-state index in [-0.39, 0.29) is 0 Å². The molecule has 0 amide bonds. The number of nitrogens with zero attached hydrogens (tertiary/aromatic N) is 2. The van der Waals surface area contributed by atoms with E-state index in [0.717, 1.165) is 31.7 Å². The maximum Gasteiger partial charge on any atom is 0.119 e. The van der Waals surface area contributed by atoms with Crippen LogP contribution in [0.1, 0.15) is 36.8 Å². The van der Waals surface area contributed by atoms with Crippen molar-refractivity contribution >= 4 is 10.8 Å². The monoisotopic (exact) mass is 416 g/mol. The van der Waals surface area contributed by atoms with Gasteiger partial charge in [-0.15, -0.1) is 0 Å². The van der Waals surface area contributed by atoms with Crippen LogP contribution in [0.5, 0.6) is 5.75 Å². The molecular formula is C28H36N2O. The number of likely N-dealkylation sites (tertiary alicyclic amines) is 1. The molecule has 0 spiro atoms. The predicted molar refractivity (Wildman–Crippen MR) is 131 cm³/mol. The maximum absolute atomic E-state index is 6.03. The summed E-state index contributed by atoms with van der Waals surface area (Å²) in [5.74, 6) is 0.983. The van der Waals surface area contributed by atoms with Gasteiger partial charge in [0, 0.05) is 25.7 Å². The zero-order valence-corrected chi connectivity index (χ0v) is 19.1. The molecule has 3 aromatic rings. The average molecular weight is 417 g/mol. The van der Waals surface area contributed by atoms with Gasteiger partial charge in [-0.1, -0.05) is 48.5 Å². The number of fused-ring (bicyclic) bond motifs is 1. The fraction of sp³-hybridized carbons (Fsp3) is 0.429. The topological polar surface area (TPSA) is 15.7 Å². The number of hydrogen-bond donors (Lipinski definition) is 0. The Labute approximate surface area is 187 Å². The van der Waals surface area contributed by atoms with Crippen molar-refractivity contribution in [3.05, 3.63) is 77.9 Å². The van der Waals surface area contributed by atoms with Gasteiger partial charge in [-0.25, -0.2) is 0 Å². The lowest BCUT2D eigenvalue weighted by Crippen LogP contribution is -2.31. The largest absolute Gasteiger partial charge is 0.494 e. The van der Waals surface area contributed by atoms with Gasteiger partial charge in [-0.3, -0.25) is 4.90 Å². The van der Waals surface area contributed by atoms with E-state index in [1.807, 2.05) is 0 Å². The number of hydrogen-bond acceptors (Lipinski definition) is 3. The van der Waals surface area contributed by atoms with Crippen LogP contribution < -0.4 is 4.74 Å². The van der Waals surface area contributed by atoms with E-state index in [1.54, 1.807) is 0 Å². The van der Waals surface area contributed by atoms with Crippen LogP contribution in [0.15, 0.2) is 66.7 Å². The summed E-state index contributed by atoms with van der Waals surface area (Å²) in [6, 6.07) is 24.8. The van der Waals surface area contributed by atoms with Crippen LogP contribution in [0.3, 0.4) is 0 Å². The van der Waals surface area contributed by atoms with E-state index in [4.69, 9.17) is 4.74 Å². The molecular weight excluding hydrogens is 380 g/mol. The molecule has 164 valence electrons. The molecule has 4 rings (SSSR count). The first-order valence-electron chi connectivity index (χ1n) is 11.8. The Morgan fingerprint density at radius 3 is 2.48 bits per heavy atom. The lowest BCUT2D eigenvalue weighted by molar-refractivity contribution is 0.265. The second-order valence-electron chi connectivity index (χ2n) is 9.13. The molecule has 1 aliphatic rings. The third-order valence-corrected chi connectivity index (χ3v) is 6.48. The van der Waals surface area contributed by atoms with Gasteiger partial charge in [0.15, 0.2) is 0 Å². The molecule has 1 heterocycles. The van der Waals surface area contributed by atoms with Gasteiger partial charge < -0.3 is 9.64 Å². The molecule has 0 N–H and O–H groups in total. The van der Waals surface area contributed by atoms with Crippen LogP contribution in [-0.4, -0.2) is 49.6 Å². The van der Waals surface area contributed by atoms with E-state index in [2.05, 4.69) is 90.6 Å². The molecule has 0 aliphatic carbocycles. The molecule has 1 fully saturated rings. The number of ether oxygens (including phenoxy) is 1. The van der Waals surface area contributed by atoms with Gasteiger partial charge in [0.1, 0.15) is 5.75 Å². The van der Waals surface area contributed by atoms with Crippen LogP contribution in [-0.2, 0) is 13.0 Å². The minimum absolute atomic E-state index is 0.693. The summed E-state index contributed by atoms with van der Waals surface area (Å²) in [4.78, 5) is 4.92. The first-order chi connectivity index (χ1) is 15.2. The summed E-state index contributed by atoms with van der Waals surface area (Å²) < 4.78 is 6.03. The van der Waals surface area contributed by atoms with Crippen LogP contribution in [0.2, 0.25) is 0 Å². The highest BCUT2D eigenvalue weighted by atomic mass is 16.5. The fourth-order valence-electron chi connectivity index (χ4n) is 4.54. The molecule has 3 aromatic carbocycles. The second kappa shape index (κ2) is 10.8. The zero-order chi connectivity index (χ0) is 21.5. The smallest absolute Gasteiger partial charge is 0.119 e. The Balaban J connectivity index is 1.22. The summed E-state index contributed by atoms with van der Waals surface area (Å²) in [6.07, 6.45) is 5.96. The highest BCUT2D eigenvalue weighted by Crippen LogP contribution is 2.24. The van der Waals surface area contributed by atoms with E-state index in [9.17, 15) is 0 Å². The molecule has 3 nitrogen and oxygen atoms in total. The molecule has 0 aromatic heterocycles. The Kier molecular flexibility index (Phi) is 7.61. The van der Waals surface area contributed by atoms with Gasteiger partial charge in [-0.2, -0.15) is 0 Å². The minimum Gasteiger partial charge on any atom is -0.494 e. The van der Waals surface area contributed by atoms with Crippen LogP contribution in [0.4, 0.5) is 0 Å². The SMILES string of the molecule is CN(C)C1CCN(Cc2ccc3cc(OCCCCCc4ccccc4)ccc3c2)C1. The van der Waals surface area contributed by atoms with E-state index in [1.165, 1.54) is 54.3 Å². The van der Waals surface area contributed by atoms with E-state index in [0.29, 0.717) is 6.04 Å². The lowest BCUT2D eigenvalue weighted by Gasteiger charge is -2.20. The number of aryl methyl sites for hydroxylation is 1. The molecule has 0 radical (unpaired) electrons. The first kappa shape index (κ1) is 21.9. The zero-order valence-electron chi connectivity index (χ0n) is 19.1. The third kappa shape index (κ3) is 6.32. The van der Waals surface area contributed by atoms with Crippen LogP contribution in [0, 0.1) is 0 Å². The normalized spacial score (nSPS) is 16.9. The van der Waals surface area contributed by atoms with Crippen LogP contribution >= 0.6 is 0 Å². The average Bonchev–Trinajstić information content (AvgIpc) is 3.26. The highest BCUT2D eigenvalue weighted by Gasteiger charge is 2.23. The Hall–Kier alpha value is -2.36. The van der Waals surface area contributed by atoms with Gasteiger partial charge in [0.25, 0.3) is 0 Å². The van der Waals surface area contributed by atoms with Crippen molar-refractivity contribution in [2.45, 2.75) is 44.7 Å².